The summed E-state index contributed by atoms with van der Waals surface area (Å²) in [5.41, 5.74) is 1.30. The van der Waals surface area contributed by atoms with E-state index in [1.54, 1.807) is 0 Å². The third-order valence-corrected chi connectivity index (χ3v) is 8.03. The third-order valence-electron chi connectivity index (χ3n) is 8.03. The van der Waals surface area contributed by atoms with Crippen molar-refractivity contribution < 1.29 is 14.6 Å². The Morgan fingerprint density at radius 2 is 1.96 bits per heavy atom. The Bertz CT molecular complexity index is 551. The van der Waals surface area contributed by atoms with Crippen molar-refractivity contribution in [2.75, 3.05) is 7.11 Å². The van der Waals surface area contributed by atoms with E-state index in [2.05, 4.69) is 26.8 Å². The minimum absolute atomic E-state index is 0.0181. The first-order valence-electron chi connectivity index (χ1n) is 9.65. The number of aliphatic hydroxyl groups is 1. The molecule has 2 fully saturated rings. The van der Waals surface area contributed by atoms with Crippen molar-refractivity contribution in [3.8, 4) is 0 Å². The molecule has 6 atom stereocenters. The molecule has 0 aromatic rings. The van der Waals surface area contributed by atoms with Crippen molar-refractivity contribution in [2.24, 2.45) is 28.1 Å². The summed E-state index contributed by atoms with van der Waals surface area (Å²) in [6.45, 7) is 8.66. The number of allylic oxidation sites excluding steroid dienone is 1. The van der Waals surface area contributed by atoms with Gasteiger partial charge in [-0.3, -0.25) is 4.79 Å². The van der Waals surface area contributed by atoms with E-state index in [4.69, 9.17) is 4.74 Å². The summed E-state index contributed by atoms with van der Waals surface area (Å²) in [6.07, 6.45) is 9.67. The lowest BCUT2D eigenvalue weighted by Gasteiger charge is -2.59. The lowest BCUT2D eigenvalue weighted by atomic mass is 9.45. The maximum absolute atomic E-state index is 12.6. The van der Waals surface area contributed by atoms with Crippen molar-refractivity contribution in [1.29, 1.82) is 0 Å². The van der Waals surface area contributed by atoms with Crippen LogP contribution in [0.4, 0.5) is 0 Å². The minimum atomic E-state index is -0.335. The van der Waals surface area contributed by atoms with E-state index < -0.39 is 0 Å². The molecule has 0 unspecified atom stereocenters. The summed E-state index contributed by atoms with van der Waals surface area (Å²) < 4.78 is 5.20. The maximum atomic E-state index is 12.6. The van der Waals surface area contributed by atoms with E-state index in [9.17, 15) is 9.90 Å². The normalized spacial score (nSPS) is 46.3. The van der Waals surface area contributed by atoms with Crippen LogP contribution in [0.25, 0.3) is 0 Å². The zero-order valence-corrected chi connectivity index (χ0v) is 16.0. The Labute approximate surface area is 146 Å². The van der Waals surface area contributed by atoms with Gasteiger partial charge in [0.1, 0.15) is 0 Å². The molecule has 3 heteroatoms. The van der Waals surface area contributed by atoms with Crippen LogP contribution in [0, 0.1) is 28.1 Å². The van der Waals surface area contributed by atoms with Crippen molar-refractivity contribution in [3.05, 3.63) is 11.6 Å². The largest absolute Gasteiger partial charge is 0.469 e. The van der Waals surface area contributed by atoms with Gasteiger partial charge in [0.25, 0.3) is 0 Å². The van der Waals surface area contributed by atoms with Crippen LogP contribution in [0.5, 0.6) is 0 Å². The van der Waals surface area contributed by atoms with Crippen LogP contribution >= 0.6 is 0 Å². The van der Waals surface area contributed by atoms with E-state index in [1.807, 2.05) is 6.92 Å². The molecule has 136 valence electrons. The number of ether oxygens (including phenoxy) is 1. The summed E-state index contributed by atoms with van der Waals surface area (Å²) in [5.74, 6) is 0.951. The van der Waals surface area contributed by atoms with Crippen LogP contribution in [0.15, 0.2) is 11.6 Å². The Balaban J connectivity index is 1.96. The summed E-state index contributed by atoms with van der Waals surface area (Å²) in [4.78, 5) is 12.6. The van der Waals surface area contributed by atoms with Gasteiger partial charge in [0.2, 0.25) is 0 Å². The summed E-state index contributed by atoms with van der Waals surface area (Å²) in [7, 11) is 1.53. The second kappa shape index (κ2) is 5.86. The fraction of sp³-hybridized carbons (Fsp3) is 0.857. The average molecular weight is 335 g/mol. The topological polar surface area (TPSA) is 46.5 Å². The van der Waals surface area contributed by atoms with Crippen molar-refractivity contribution in [2.45, 2.75) is 78.7 Å². The first-order valence-corrected chi connectivity index (χ1v) is 9.65. The highest BCUT2D eigenvalue weighted by molar-refractivity contribution is 5.77. The Hall–Kier alpha value is -0.830. The lowest BCUT2D eigenvalue weighted by molar-refractivity contribution is -0.168. The highest BCUT2D eigenvalue weighted by atomic mass is 16.5. The zero-order chi connectivity index (χ0) is 17.8. The van der Waals surface area contributed by atoms with Crippen LogP contribution < -0.4 is 0 Å². The smallest absolute Gasteiger partial charge is 0.311 e. The summed E-state index contributed by atoms with van der Waals surface area (Å²) in [6, 6.07) is 0. The van der Waals surface area contributed by atoms with E-state index in [1.165, 1.54) is 19.1 Å². The molecule has 0 amide bonds. The lowest BCUT2D eigenvalue weighted by Crippen LogP contribution is -2.54. The van der Waals surface area contributed by atoms with Crippen LogP contribution in [0.1, 0.15) is 72.6 Å². The molecule has 0 aromatic carbocycles. The molecule has 0 heterocycles. The molecule has 0 saturated heterocycles. The molecule has 3 aliphatic carbocycles. The van der Waals surface area contributed by atoms with Crippen LogP contribution in [0.2, 0.25) is 0 Å². The van der Waals surface area contributed by atoms with Gasteiger partial charge >= 0.3 is 5.97 Å². The minimum Gasteiger partial charge on any atom is -0.469 e. The summed E-state index contributed by atoms with van der Waals surface area (Å²) in [5, 5.41) is 10.2. The second-order valence-electron chi connectivity index (χ2n) is 9.35. The van der Waals surface area contributed by atoms with E-state index in [0.717, 1.165) is 38.5 Å². The number of hydrogen-bond donors (Lipinski definition) is 1. The molecule has 0 radical (unpaired) electrons. The van der Waals surface area contributed by atoms with E-state index in [-0.39, 0.29) is 28.3 Å². The molecule has 0 aromatic heterocycles. The van der Waals surface area contributed by atoms with Gasteiger partial charge in [-0.25, -0.2) is 0 Å². The number of carbonyl (C=O) groups excluding carboxylic acids is 1. The second-order valence-corrected chi connectivity index (χ2v) is 9.35. The number of rotatable bonds is 2. The van der Waals surface area contributed by atoms with Gasteiger partial charge in [-0.05, 0) is 69.6 Å². The highest BCUT2D eigenvalue weighted by Gasteiger charge is 2.58. The fourth-order valence-electron chi connectivity index (χ4n) is 6.33. The standard InChI is InChI=1S/C21H34O3/c1-14(22)19(2)12-9-16-15(13-19)7-8-17-20(16,3)10-6-11-21(17,4)18(23)24-5/h13-14,16-17,22H,6-12H2,1-5H3/t14-,16+,17-,19-,20-,21-/m1/s1. The van der Waals surface area contributed by atoms with Crippen LogP contribution in [-0.4, -0.2) is 24.3 Å². The number of carbonyl (C=O) groups is 1. The predicted octanol–water partition coefficient (Wildman–Crippen LogP) is 4.49. The van der Waals surface area contributed by atoms with Gasteiger partial charge in [0, 0.05) is 5.41 Å². The van der Waals surface area contributed by atoms with Crippen LogP contribution in [0.3, 0.4) is 0 Å². The molecule has 0 aliphatic heterocycles. The first-order chi connectivity index (χ1) is 11.2. The third kappa shape index (κ3) is 2.46. The highest BCUT2D eigenvalue weighted by Crippen LogP contribution is 2.64. The molecule has 3 nitrogen and oxygen atoms in total. The van der Waals surface area contributed by atoms with Crippen LogP contribution in [-0.2, 0) is 9.53 Å². The zero-order valence-electron chi connectivity index (χ0n) is 16.0. The number of fused-ring (bicyclic) bond motifs is 3. The number of aliphatic hydroxyl groups excluding tert-OH is 1. The Kier molecular flexibility index (Phi) is 4.39. The molecule has 2 saturated carbocycles. The summed E-state index contributed by atoms with van der Waals surface area (Å²) >= 11 is 0. The maximum Gasteiger partial charge on any atom is 0.311 e. The first kappa shape index (κ1) is 18.0. The SMILES string of the molecule is COC(=O)[C@]1(C)CCC[C@@]2(C)[C@H]1CCC1=C[C@](C)([C@@H](C)O)CC[C@@H]12. The van der Waals surface area contributed by atoms with Gasteiger partial charge < -0.3 is 9.84 Å². The predicted molar refractivity (Wildman–Crippen MR) is 95.4 cm³/mol. The molecule has 3 rings (SSSR count). The number of methoxy groups -OCH3 is 1. The molecular weight excluding hydrogens is 300 g/mol. The molecule has 0 bridgehead atoms. The number of esters is 1. The van der Waals surface area contributed by atoms with Crippen molar-refractivity contribution in [1.82, 2.24) is 0 Å². The average Bonchev–Trinajstić information content (AvgIpc) is 2.53. The van der Waals surface area contributed by atoms with Gasteiger partial charge in [-0.1, -0.05) is 31.9 Å². The van der Waals surface area contributed by atoms with Gasteiger partial charge in [0.15, 0.2) is 0 Å². The number of hydrogen-bond acceptors (Lipinski definition) is 3. The van der Waals surface area contributed by atoms with Gasteiger partial charge in [-0.15, -0.1) is 0 Å². The monoisotopic (exact) mass is 334 g/mol. The Morgan fingerprint density at radius 3 is 2.58 bits per heavy atom. The quantitative estimate of drug-likeness (QED) is 0.598. The van der Waals surface area contributed by atoms with Crippen molar-refractivity contribution >= 4 is 5.97 Å². The molecule has 1 N–H and O–H groups in total. The van der Waals surface area contributed by atoms with Crippen molar-refractivity contribution in [3.63, 3.8) is 0 Å². The molecule has 24 heavy (non-hydrogen) atoms. The molecular formula is C21H34O3. The van der Waals surface area contributed by atoms with E-state index >= 15 is 0 Å². The molecule has 0 spiro atoms. The Morgan fingerprint density at radius 1 is 1.25 bits per heavy atom. The van der Waals surface area contributed by atoms with Gasteiger partial charge in [-0.2, -0.15) is 0 Å². The fourth-order valence-corrected chi connectivity index (χ4v) is 6.33. The molecule has 3 aliphatic rings. The van der Waals surface area contributed by atoms with Gasteiger partial charge in [0.05, 0.1) is 18.6 Å². The van der Waals surface area contributed by atoms with E-state index in [0.29, 0.717) is 11.8 Å².